The number of rotatable bonds is 6. The molecule has 2 heterocycles. The first-order chi connectivity index (χ1) is 10.4. The fourth-order valence-corrected chi connectivity index (χ4v) is 2.01. The zero-order valence-electron chi connectivity index (χ0n) is 12.4. The molecule has 0 aliphatic heterocycles. The van der Waals surface area contributed by atoms with Crippen LogP contribution in [0.15, 0.2) is 4.52 Å². The summed E-state index contributed by atoms with van der Waals surface area (Å²) in [5.74, 6) is -0.586. The third kappa shape index (κ3) is 3.10. The fraction of sp³-hybridized carbons (Fsp3) is 0.500. The number of aryl methyl sites for hydroxylation is 3. The summed E-state index contributed by atoms with van der Waals surface area (Å²) < 4.78 is 11.0. The van der Waals surface area contributed by atoms with Gasteiger partial charge < -0.3 is 9.26 Å². The van der Waals surface area contributed by atoms with Crippen LogP contribution in [0.25, 0.3) is 0 Å². The molecule has 22 heavy (non-hydrogen) atoms. The van der Waals surface area contributed by atoms with Gasteiger partial charge in [-0.3, -0.25) is 14.8 Å². The van der Waals surface area contributed by atoms with Crippen molar-refractivity contribution in [3.63, 3.8) is 0 Å². The van der Waals surface area contributed by atoms with Crippen LogP contribution in [0.2, 0.25) is 0 Å². The highest BCUT2D eigenvalue weighted by Gasteiger charge is 2.22. The summed E-state index contributed by atoms with van der Waals surface area (Å²) >= 11 is 0. The maximum atomic E-state index is 11.4. The van der Waals surface area contributed by atoms with Crippen LogP contribution >= 0.6 is 0 Å². The molecular formula is C12H15N5O5. The van der Waals surface area contributed by atoms with Crippen molar-refractivity contribution in [3.05, 3.63) is 33.2 Å². The molecule has 0 aliphatic rings. The van der Waals surface area contributed by atoms with Crippen LogP contribution in [0.4, 0.5) is 5.69 Å². The smallest absolute Gasteiger partial charge is 0.397 e. The van der Waals surface area contributed by atoms with Gasteiger partial charge in [0, 0.05) is 13.0 Å². The zero-order valence-corrected chi connectivity index (χ0v) is 12.4. The van der Waals surface area contributed by atoms with E-state index in [2.05, 4.69) is 15.2 Å². The lowest BCUT2D eigenvalue weighted by atomic mass is 10.3. The molecule has 0 atom stereocenters. The number of ether oxygens (including phenoxy) is 1. The predicted molar refractivity (Wildman–Crippen MR) is 72.3 cm³/mol. The van der Waals surface area contributed by atoms with E-state index in [-0.39, 0.29) is 18.2 Å². The Morgan fingerprint density at radius 3 is 2.77 bits per heavy atom. The normalized spacial score (nSPS) is 10.7. The zero-order chi connectivity index (χ0) is 16.3. The van der Waals surface area contributed by atoms with Gasteiger partial charge in [-0.2, -0.15) is 10.1 Å². The lowest BCUT2D eigenvalue weighted by Crippen LogP contribution is -2.08. The number of hydrogen-bond donors (Lipinski definition) is 0. The molecule has 0 unspecified atom stereocenters. The largest absolute Gasteiger partial charge is 0.459 e. The van der Waals surface area contributed by atoms with E-state index in [0.29, 0.717) is 30.2 Å². The fourth-order valence-electron chi connectivity index (χ4n) is 2.01. The summed E-state index contributed by atoms with van der Waals surface area (Å²) in [6, 6.07) is 0. The summed E-state index contributed by atoms with van der Waals surface area (Å²) in [6.07, 6.45) is 0.321. The lowest BCUT2D eigenvalue weighted by Gasteiger charge is -2.00. The van der Waals surface area contributed by atoms with E-state index in [1.54, 1.807) is 20.8 Å². The number of nitrogens with zero attached hydrogens (tertiary/aromatic N) is 5. The van der Waals surface area contributed by atoms with Gasteiger partial charge in [-0.05, 0) is 20.8 Å². The highest BCUT2D eigenvalue weighted by Crippen LogP contribution is 2.21. The summed E-state index contributed by atoms with van der Waals surface area (Å²) in [5, 5.41) is 18.7. The molecule has 2 aromatic heterocycles. The van der Waals surface area contributed by atoms with E-state index < -0.39 is 10.9 Å². The van der Waals surface area contributed by atoms with E-state index >= 15 is 0 Å². The molecule has 0 N–H and O–H groups in total. The Balaban J connectivity index is 2.06. The van der Waals surface area contributed by atoms with Crippen LogP contribution in [-0.2, 0) is 17.7 Å². The van der Waals surface area contributed by atoms with Crippen molar-refractivity contribution in [2.45, 2.75) is 33.7 Å². The summed E-state index contributed by atoms with van der Waals surface area (Å²) in [5.41, 5.74) is 0.805. The Morgan fingerprint density at radius 1 is 1.45 bits per heavy atom. The topological polar surface area (TPSA) is 126 Å². The van der Waals surface area contributed by atoms with Crippen molar-refractivity contribution in [1.29, 1.82) is 0 Å². The Morgan fingerprint density at radius 2 is 2.18 bits per heavy atom. The van der Waals surface area contributed by atoms with Crippen LogP contribution in [-0.4, -0.2) is 37.4 Å². The first kappa shape index (κ1) is 15.6. The summed E-state index contributed by atoms with van der Waals surface area (Å²) in [6.45, 7) is 5.42. The first-order valence-electron chi connectivity index (χ1n) is 6.62. The molecule has 2 rings (SSSR count). The Hall–Kier alpha value is -2.78. The molecule has 0 aromatic carbocycles. The Kier molecular flexibility index (Phi) is 4.49. The molecule has 0 amide bonds. The molecule has 10 nitrogen and oxygen atoms in total. The van der Waals surface area contributed by atoms with Crippen molar-refractivity contribution < 1.29 is 19.0 Å². The van der Waals surface area contributed by atoms with Gasteiger partial charge in [-0.15, -0.1) is 0 Å². The van der Waals surface area contributed by atoms with Crippen LogP contribution in [0.1, 0.15) is 34.8 Å². The lowest BCUT2D eigenvalue weighted by molar-refractivity contribution is -0.386. The number of hydrogen-bond acceptors (Lipinski definition) is 8. The molecule has 0 bridgehead atoms. The molecule has 0 aliphatic carbocycles. The molecule has 0 fully saturated rings. The third-order valence-corrected chi connectivity index (χ3v) is 2.99. The second kappa shape index (κ2) is 6.33. The third-order valence-electron chi connectivity index (χ3n) is 2.99. The van der Waals surface area contributed by atoms with Crippen molar-refractivity contribution >= 4 is 11.7 Å². The van der Waals surface area contributed by atoms with E-state index in [0.717, 1.165) is 0 Å². The van der Waals surface area contributed by atoms with Gasteiger partial charge in [0.2, 0.25) is 0 Å². The number of esters is 1. The summed E-state index contributed by atoms with van der Waals surface area (Å²) in [7, 11) is 0. The van der Waals surface area contributed by atoms with Gasteiger partial charge in [0.15, 0.2) is 5.82 Å². The number of nitro groups is 1. The maximum absolute atomic E-state index is 11.4. The average Bonchev–Trinajstić information content (AvgIpc) is 3.01. The minimum Gasteiger partial charge on any atom is -0.459 e. The number of carbonyl (C=O) groups excluding carboxylic acids is 1. The second-order valence-electron chi connectivity index (χ2n) is 4.49. The van der Waals surface area contributed by atoms with Crippen molar-refractivity contribution in [1.82, 2.24) is 19.9 Å². The molecule has 118 valence electrons. The quantitative estimate of drug-likeness (QED) is 0.442. The van der Waals surface area contributed by atoms with E-state index in [1.807, 2.05) is 0 Å². The highest BCUT2D eigenvalue weighted by atomic mass is 16.6. The first-order valence-corrected chi connectivity index (χ1v) is 6.62. The van der Waals surface area contributed by atoms with Crippen LogP contribution < -0.4 is 0 Å². The van der Waals surface area contributed by atoms with Gasteiger partial charge in [-0.1, -0.05) is 5.16 Å². The Bertz CT molecular complexity index is 705. The van der Waals surface area contributed by atoms with Crippen LogP contribution in [0.3, 0.4) is 0 Å². The second-order valence-corrected chi connectivity index (χ2v) is 4.49. The van der Waals surface area contributed by atoms with Gasteiger partial charge in [0.1, 0.15) is 11.4 Å². The molecule has 0 radical (unpaired) electrons. The SMILES string of the molecule is CCOC(=O)c1nc(CCn2nc(C)c([N+](=O)[O-])c2C)no1. The van der Waals surface area contributed by atoms with Gasteiger partial charge in [0.05, 0.1) is 11.5 Å². The molecular weight excluding hydrogens is 294 g/mol. The Labute approximate surface area is 125 Å². The number of aromatic nitrogens is 4. The average molecular weight is 309 g/mol. The minimum absolute atomic E-state index is 0.000301. The van der Waals surface area contributed by atoms with Gasteiger partial charge in [-0.25, -0.2) is 4.79 Å². The summed E-state index contributed by atoms with van der Waals surface area (Å²) in [4.78, 5) is 25.8. The monoisotopic (exact) mass is 309 g/mol. The molecule has 0 saturated heterocycles. The van der Waals surface area contributed by atoms with Gasteiger partial charge >= 0.3 is 17.5 Å². The number of carbonyl (C=O) groups is 1. The molecule has 2 aromatic rings. The van der Waals surface area contributed by atoms with Crippen molar-refractivity contribution in [3.8, 4) is 0 Å². The van der Waals surface area contributed by atoms with E-state index in [1.165, 1.54) is 4.68 Å². The molecule has 10 heteroatoms. The standard InChI is InChI=1S/C12H15N5O5/c1-4-21-12(18)11-13-9(15-22-11)5-6-16-8(3)10(17(19)20)7(2)14-16/h4-6H2,1-3H3. The van der Waals surface area contributed by atoms with Crippen molar-refractivity contribution in [2.24, 2.45) is 0 Å². The van der Waals surface area contributed by atoms with Gasteiger partial charge in [0.25, 0.3) is 0 Å². The van der Waals surface area contributed by atoms with E-state index in [9.17, 15) is 14.9 Å². The molecule has 0 saturated carbocycles. The predicted octanol–water partition coefficient (Wildman–Crippen LogP) is 1.21. The van der Waals surface area contributed by atoms with Crippen molar-refractivity contribution in [2.75, 3.05) is 6.61 Å². The van der Waals surface area contributed by atoms with Crippen LogP contribution in [0, 0.1) is 24.0 Å². The molecule has 0 spiro atoms. The highest BCUT2D eigenvalue weighted by molar-refractivity contribution is 5.83. The minimum atomic E-state index is -0.678. The maximum Gasteiger partial charge on any atom is 0.397 e. The van der Waals surface area contributed by atoms with E-state index in [4.69, 9.17) is 9.26 Å². The van der Waals surface area contributed by atoms with Crippen LogP contribution in [0.5, 0.6) is 0 Å².